The lowest BCUT2D eigenvalue weighted by molar-refractivity contribution is 0.0937. The van der Waals surface area contributed by atoms with Crippen molar-refractivity contribution in [2.24, 2.45) is 5.10 Å². The van der Waals surface area contributed by atoms with Crippen LogP contribution in [0.25, 0.3) is 17.0 Å². The number of halogens is 1. The molecule has 1 N–H and O–H groups in total. The molecule has 0 aliphatic heterocycles. The molecule has 3 rings (SSSR count). The van der Waals surface area contributed by atoms with E-state index in [1.807, 2.05) is 30.3 Å². The van der Waals surface area contributed by atoms with Crippen LogP contribution in [-0.4, -0.2) is 22.6 Å². The molecule has 0 saturated heterocycles. The van der Waals surface area contributed by atoms with E-state index in [1.165, 1.54) is 13.1 Å². The van der Waals surface area contributed by atoms with Crippen LogP contribution in [0.3, 0.4) is 0 Å². The van der Waals surface area contributed by atoms with E-state index in [0.29, 0.717) is 10.6 Å². The quantitative estimate of drug-likeness (QED) is 0.550. The second-order valence-corrected chi connectivity index (χ2v) is 6.01. The number of amides is 1. The smallest absolute Gasteiger partial charge is 0.271 e. The summed E-state index contributed by atoms with van der Waals surface area (Å²) in [5.74, 6) is -0.371. The first-order valence-corrected chi connectivity index (χ1v) is 8.31. The molecule has 26 heavy (non-hydrogen) atoms. The van der Waals surface area contributed by atoms with Crippen molar-refractivity contribution < 1.29 is 9.59 Å². The summed E-state index contributed by atoms with van der Waals surface area (Å²) in [6.07, 6.45) is 6.80. The highest BCUT2D eigenvalue weighted by Crippen LogP contribution is 2.22. The number of hydrazone groups is 1. The molecule has 5 nitrogen and oxygen atoms in total. The summed E-state index contributed by atoms with van der Waals surface area (Å²) in [5, 5.41) is 5.43. The van der Waals surface area contributed by atoms with E-state index >= 15 is 0 Å². The fraction of sp³-hybridized carbons (Fsp3) is 0.0500. The number of hydrogen-bond acceptors (Lipinski definition) is 3. The molecule has 130 valence electrons. The maximum atomic E-state index is 11.9. The zero-order valence-corrected chi connectivity index (χ0v) is 14.8. The number of allylic oxidation sites excluding steroid dienone is 1. The Morgan fingerprint density at radius 1 is 1.12 bits per heavy atom. The average Bonchev–Trinajstić information content (AvgIpc) is 3.01. The Bertz CT molecular complexity index is 1020. The van der Waals surface area contributed by atoms with Gasteiger partial charge in [0.05, 0.1) is 5.52 Å². The summed E-state index contributed by atoms with van der Waals surface area (Å²) < 4.78 is 1.61. The van der Waals surface area contributed by atoms with E-state index in [0.717, 1.165) is 16.5 Å². The van der Waals surface area contributed by atoms with Gasteiger partial charge >= 0.3 is 0 Å². The lowest BCUT2D eigenvalue weighted by Gasteiger charge is -1.98. The van der Waals surface area contributed by atoms with Crippen molar-refractivity contribution in [3.63, 3.8) is 0 Å². The van der Waals surface area contributed by atoms with Crippen molar-refractivity contribution in [2.75, 3.05) is 0 Å². The molecule has 1 heterocycles. The number of nitrogens with zero attached hydrogens (tertiary/aromatic N) is 2. The van der Waals surface area contributed by atoms with Crippen molar-refractivity contribution in [2.45, 2.75) is 6.92 Å². The van der Waals surface area contributed by atoms with Crippen LogP contribution in [0.1, 0.15) is 27.6 Å². The molecule has 3 aromatic rings. The maximum absolute atomic E-state index is 11.9. The minimum absolute atomic E-state index is 0.0512. The standard InChI is InChI=1S/C20H16ClN3O2/c1-14(25)24-13-16(18-6-2-3-7-19(18)24)5-4-12-22-23-20(26)15-8-10-17(21)11-9-15/h2-13H,1H3,(H,23,26). The molecular formula is C20H16ClN3O2. The molecule has 0 atom stereocenters. The third-order valence-electron chi connectivity index (χ3n) is 3.79. The van der Waals surface area contributed by atoms with Crippen LogP contribution in [0.15, 0.2) is 65.9 Å². The first-order chi connectivity index (χ1) is 12.6. The van der Waals surface area contributed by atoms with Crippen LogP contribution in [0, 0.1) is 0 Å². The summed E-state index contributed by atoms with van der Waals surface area (Å²) in [6.45, 7) is 1.52. The van der Waals surface area contributed by atoms with Gasteiger partial charge in [-0.1, -0.05) is 35.9 Å². The van der Waals surface area contributed by atoms with Crippen LogP contribution in [0.4, 0.5) is 0 Å². The van der Waals surface area contributed by atoms with Gasteiger partial charge in [-0.3, -0.25) is 14.2 Å². The van der Waals surface area contributed by atoms with Crippen LogP contribution >= 0.6 is 11.6 Å². The molecule has 0 saturated carbocycles. The largest absolute Gasteiger partial charge is 0.287 e. The zero-order chi connectivity index (χ0) is 18.5. The minimum Gasteiger partial charge on any atom is -0.287 e. The Hall–Kier alpha value is -3.18. The first kappa shape index (κ1) is 17.6. The molecule has 6 heteroatoms. The summed E-state index contributed by atoms with van der Waals surface area (Å²) in [6, 6.07) is 14.2. The number of benzene rings is 2. The van der Waals surface area contributed by atoms with Gasteiger partial charge in [-0.15, -0.1) is 0 Å². The number of aromatic nitrogens is 1. The Morgan fingerprint density at radius 2 is 1.85 bits per heavy atom. The minimum atomic E-state index is -0.320. The summed E-state index contributed by atoms with van der Waals surface area (Å²) >= 11 is 5.79. The van der Waals surface area contributed by atoms with Crippen LogP contribution in [0.5, 0.6) is 0 Å². The normalized spacial score (nSPS) is 11.5. The van der Waals surface area contributed by atoms with Gasteiger partial charge in [-0.25, -0.2) is 5.43 Å². The molecule has 0 aliphatic carbocycles. The van der Waals surface area contributed by atoms with Gasteiger partial charge in [0.15, 0.2) is 0 Å². The average molecular weight is 366 g/mol. The highest BCUT2D eigenvalue weighted by molar-refractivity contribution is 6.30. The Kier molecular flexibility index (Phi) is 5.29. The number of nitrogens with one attached hydrogen (secondary N) is 1. The van der Waals surface area contributed by atoms with Crippen molar-refractivity contribution in [3.8, 4) is 0 Å². The van der Waals surface area contributed by atoms with Crippen LogP contribution in [-0.2, 0) is 0 Å². The van der Waals surface area contributed by atoms with Gasteiger partial charge in [0.1, 0.15) is 0 Å². The van der Waals surface area contributed by atoms with E-state index in [1.54, 1.807) is 41.1 Å². The fourth-order valence-corrected chi connectivity index (χ4v) is 2.68. The summed E-state index contributed by atoms with van der Waals surface area (Å²) in [4.78, 5) is 23.6. The van der Waals surface area contributed by atoms with Gasteiger partial charge in [-0.2, -0.15) is 5.10 Å². The molecule has 2 aromatic carbocycles. The fourth-order valence-electron chi connectivity index (χ4n) is 2.55. The summed E-state index contributed by atoms with van der Waals surface area (Å²) in [7, 11) is 0. The van der Waals surface area contributed by atoms with E-state index < -0.39 is 0 Å². The van der Waals surface area contributed by atoms with Crippen LogP contribution in [0.2, 0.25) is 5.02 Å². The number of para-hydroxylation sites is 1. The third-order valence-corrected chi connectivity index (χ3v) is 4.04. The van der Waals surface area contributed by atoms with E-state index in [4.69, 9.17) is 11.6 Å². The molecular weight excluding hydrogens is 350 g/mol. The number of carbonyl (C=O) groups excluding carboxylic acids is 2. The molecule has 0 aliphatic rings. The van der Waals surface area contributed by atoms with Gasteiger partial charge in [0.2, 0.25) is 5.91 Å². The predicted octanol–water partition coefficient (Wildman–Crippen LogP) is 4.38. The molecule has 0 unspecified atom stereocenters. The number of hydrogen-bond donors (Lipinski definition) is 1. The number of rotatable bonds is 4. The van der Waals surface area contributed by atoms with Crippen molar-refractivity contribution in [3.05, 3.63) is 77.0 Å². The van der Waals surface area contributed by atoms with Crippen molar-refractivity contribution >= 4 is 46.6 Å². The molecule has 1 amide bonds. The van der Waals surface area contributed by atoms with E-state index in [-0.39, 0.29) is 11.8 Å². The molecule has 0 spiro atoms. The number of carbonyl (C=O) groups is 2. The number of fused-ring (bicyclic) bond motifs is 1. The first-order valence-electron chi connectivity index (χ1n) is 7.93. The van der Waals surface area contributed by atoms with E-state index in [2.05, 4.69) is 10.5 Å². The predicted molar refractivity (Wildman–Crippen MR) is 105 cm³/mol. The maximum Gasteiger partial charge on any atom is 0.271 e. The Labute approximate surface area is 155 Å². The monoisotopic (exact) mass is 365 g/mol. The van der Waals surface area contributed by atoms with Crippen molar-refractivity contribution in [1.82, 2.24) is 9.99 Å². The third kappa shape index (κ3) is 3.90. The van der Waals surface area contributed by atoms with Crippen LogP contribution < -0.4 is 5.43 Å². The second-order valence-electron chi connectivity index (χ2n) is 5.58. The molecule has 1 aromatic heterocycles. The van der Waals surface area contributed by atoms with Gasteiger partial charge in [0.25, 0.3) is 5.91 Å². The molecule has 0 bridgehead atoms. The zero-order valence-electron chi connectivity index (χ0n) is 14.0. The Balaban J connectivity index is 1.70. The van der Waals surface area contributed by atoms with Gasteiger partial charge in [-0.05, 0) is 36.4 Å². The summed E-state index contributed by atoms with van der Waals surface area (Å²) in [5.41, 5.74) is 4.66. The molecule has 0 fully saturated rings. The lowest BCUT2D eigenvalue weighted by Crippen LogP contribution is -2.17. The van der Waals surface area contributed by atoms with Gasteiger partial charge < -0.3 is 0 Å². The molecule has 0 radical (unpaired) electrons. The van der Waals surface area contributed by atoms with E-state index in [9.17, 15) is 9.59 Å². The second kappa shape index (κ2) is 7.80. The lowest BCUT2D eigenvalue weighted by atomic mass is 10.1. The highest BCUT2D eigenvalue weighted by atomic mass is 35.5. The van der Waals surface area contributed by atoms with Gasteiger partial charge in [0, 0.05) is 40.9 Å². The Morgan fingerprint density at radius 3 is 2.58 bits per heavy atom. The highest BCUT2D eigenvalue weighted by Gasteiger charge is 2.08. The SMILES string of the molecule is CC(=O)n1cc(C=CC=NNC(=O)c2ccc(Cl)cc2)c2ccccc21. The topological polar surface area (TPSA) is 63.5 Å². The van der Waals surface area contributed by atoms with Crippen molar-refractivity contribution in [1.29, 1.82) is 0 Å².